The summed E-state index contributed by atoms with van der Waals surface area (Å²) >= 11 is 0. The maximum Gasteiger partial charge on any atom is 0.0193 e. The summed E-state index contributed by atoms with van der Waals surface area (Å²) in [6.45, 7) is 13.3. The van der Waals surface area contributed by atoms with Gasteiger partial charge in [-0.1, -0.05) is 6.92 Å². The zero-order chi connectivity index (χ0) is 12.5. The van der Waals surface area contributed by atoms with Crippen LogP contribution in [-0.4, -0.2) is 61.7 Å². The van der Waals surface area contributed by atoms with E-state index in [1.165, 1.54) is 39.0 Å². The Kier molecular flexibility index (Phi) is 4.11. The molecule has 2 rings (SSSR count). The highest BCUT2D eigenvalue weighted by molar-refractivity contribution is 4.89. The molecule has 0 aromatic carbocycles. The van der Waals surface area contributed by atoms with Gasteiger partial charge in [0.25, 0.3) is 0 Å². The molecule has 2 fully saturated rings. The van der Waals surface area contributed by atoms with Gasteiger partial charge in [-0.05, 0) is 52.2 Å². The van der Waals surface area contributed by atoms with Gasteiger partial charge in [-0.2, -0.15) is 0 Å². The maximum absolute atomic E-state index is 3.57. The van der Waals surface area contributed by atoms with E-state index >= 15 is 0 Å². The molecule has 2 heterocycles. The van der Waals surface area contributed by atoms with Gasteiger partial charge in [-0.25, -0.2) is 0 Å². The molecule has 3 nitrogen and oxygen atoms in total. The van der Waals surface area contributed by atoms with Gasteiger partial charge in [0, 0.05) is 31.7 Å². The van der Waals surface area contributed by atoms with E-state index in [-0.39, 0.29) is 0 Å². The Bertz CT molecular complexity index is 246. The zero-order valence-corrected chi connectivity index (χ0v) is 12.0. The Labute approximate surface area is 107 Å². The minimum absolute atomic E-state index is 0.540. The molecular weight excluding hydrogens is 210 g/mol. The number of piperidine rings is 1. The highest BCUT2D eigenvalue weighted by atomic mass is 15.2. The zero-order valence-electron chi connectivity index (χ0n) is 12.0. The second-order valence-corrected chi connectivity index (χ2v) is 6.70. The molecule has 1 N–H and O–H groups in total. The van der Waals surface area contributed by atoms with Crippen LogP contribution in [0, 0.1) is 5.41 Å². The lowest BCUT2D eigenvalue weighted by Crippen LogP contribution is -2.57. The van der Waals surface area contributed by atoms with Crippen LogP contribution in [0.15, 0.2) is 0 Å². The highest BCUT2D eigenvalue weighted by Crippen LogP contribution is 2.32. The fraction of sp³-hybridized carbons (Fsp3) is 1.00. The Hall–Kier alpha value is -0.120. The Morgan fingerprint density at radius 1 is 1.24 bits per heavy atom. The fourth-order valence-electron chi connectivity index (χ4n) is 3.12. The molecule has 17 heavy (non-hydrogen) atoms. The lowest BCUT2D eigenvalue weighted by atomic mass is 9.79. The van der Waals surface area contributed by atoms with Crippen molar-refractivity contribution in [2.75, 3.05) is 39.8 Å². The first kappa shape index (κ1) is 13.3. The lowest BCUT2D eigenvalue weighted by molar-refractivity contribution is 0.0495. The molecule has 2 saturated heterocycles. The molecule has 0 aliphatic carbocycles. The summed E-state index contributed by atoms with van der Waals surface area (Å²) in [6.07, 6.45) is 2.71. The fourth-order valence-corrected chi connectivity index (χ4v) is 3.12. The molecule has 0 spiro atoms. The topological polar surface area (TPSA) is 18.5 Å². The van der Waals surface area contributed by atoms with Gasteiger partial charge in [0.2, 0.25) is 0 Å². The largest absolute Gasteiger partial charge is 0.311 e. The summed E-state index contributed by atoms with van der Waals surface area (Å²) in [5.74, 6) is 0. The van der Waals surface area contributed by atoms with Crippen molar-refractivity contribution in [2.24, 2.45) is 5.41 Å². The predicted octanol–water partition coefficient (Wildman–Crippen LogP) is 1.40. The predicted molar refractivity (Wildman–Crippen MR) is 73.3 cm³/mol. The highest BCUT2D eigenvalue weighted by Gasteiger charge is 2.33. The van der Waals surface area contributed by atoms with E-state index in [1.807, 2.05) is 0 Å². The van der Waals surface area contributed by atoms with Crippen molar-refractivity contribution in [3.05, 3.63) is 0 Å². The summed E-state index contributed by atoms with van der Waals surface area (Å²) in [4.78, 5) is 5.16. The van der Waals surface area contributed by atoms with E-state index in [0.717, 1.165) is 6.54 Å². The van der Waals surface area contributed by atoms with E-state index in [0.29, 0.717) is 17.5 Å². The van der Waals surface area contributed by atoms with Crippen molar-refractivity contribution in [1.82, 2.24) is 15.1 Å². The van der Waals surface area contributed by atoms with Crippen LogP contribution in [-0.2, 0) is 0 Å². The van der Waals surface area contributed by atoms with E-state index < -0.39 is 0 Å². The van der Waals surface area contributed by atoms with Gasteiger partial charge >= 0.3 is 0 Å². The summed E-state index contributed by atoms with van der Waals surface area (Å²) in [5.41, 5.74) is 0.540. The minimum Gasteiger partial charge on any atom is -0.311 e. The summed E-state index contributed by atoms with van der Waals surface area (Å²) in [6, 6.07) is 1.35. The van der Waals surface area contributed by atoms with Crippen LogP contribution in [0.3, 0.4) is 0 Å². The molecule has 0 radical (unpaired) electrons. The SMILES string of the molecule is CC1CN(CC2(C)CCN(C)CC2)C(C)CN1. The molecule has 2 unspecified atom stereocenters. The Morgan fingerprint density at radius 3 is 2.53 bits per heavy atom. The molecule has 0 aromatic heterocycles. The van der Waals surface area contributed by atoms with Crippen LogP contribution in [0.1, 0.15) is 33.6 Å². The molecule has 3 heteroatoms. The molecule has 0 bridgehead atoms. The average Bonchev–Trinajstić information content (AvgIpc) is 2.28. The number of nitrogens with one attached hydrogen (secondary N) is 1. The third kappa shape index (κ3) is 3.43. The lowest BCUT2D eigenvalue weighted by Gasteiger charge is -2.45. The van der Waals surface area contributed by atoms with Crippen molar-refractivity contribution in [1.29, 1.82) is 0 Å². The number of piperazine rings is 1. The first-order valence-electron chi connectivity index (χ1n) is 7.14. The van der Waals surface area contributed by atoms with Crippen molar-refractivity contribution >= 4 is 0 Å². The van der Waals surface area contributed by atoms with Crippen molar-refractivity contribution in [2.45, 2.75) is 45.7 Å². The second kappa shape index (κ2) is 5.25. The second-order valence-electron chi connectivity index (χ2n) is 6.70. The van der Waals surface area contributed by atoms with Gasteiger partial charge in [0.05, 0.1) is 0 Å². The molecular formula is C14H29N3. The summed E-state index contributed by atoms with van der Waals surface area (Å²) < 4.78 is 0. The minimum atomic E-state index is 0.540. The molecule has 2 aliphatic rings. The quantitative estimate of drug-likeness (QED) is 0.786. The third-order valence-electron chi connectivity index (χ3n) is 4.67. The summed E-state index contributed by atoms with van der Waals surface area (Å²) in [7, 11) is 2.25. The summed E-state index contributed by atoms with van der Waals surface area (Å²) in [5, 5.41) is 3.57. The third-order valence-corrected chi connectivity index (χ3v) is 4.67. The number of likely N-dealkylation sites (tertiary alicyclic amines) is 1. The monoisotopic (exact) mass is 239 g/mol. The van der Waals surface area contributed by atoms with Crippen LogP contribution in [0.4, 0.5) is 0 Å². The Balaban J connectivity index is 1.90. The van der Waals surface area contributed by atoms with Crippen LogP contribution in [0.2, 0.25) is 0 Å². The van der Waals surface area contributed by atoms with E-state index in [9.17, 15) is 0 Å². The molecule has 100 valence electrons. The van der Waals surface area contributed by atoms with Gasteiger partial charge in [-0.15, -0.1) is 0 Å². The van der Waals surface area contributed by atoms with Crippen LogP contribution in [0.5, 0.6) is 0 Å². The number of rotatable bonds is 2. The molecule has 0 aromatic rings. The van der Waals surface area contributed by atoms with Gasteiger partial charge in [-0.3, -0.25) is 4.90 Å². The van der Waals surface area contributed by atoms with Crippen molar-refractivity contribution in [3.8, 4) is 0 Å². The van der Waals surface area contributed by atoms with Gasteiger partial charge < -0.3 is 10.2 Å². The maximum atomic E-state index is 3.57. The Morgan fingerprint density at radius 2 is 1.88 bits per heavy atom. The average molecular weight is 239 g/mol. The van der Waals surface area contributed by atoms with E-state index in [4.69, 9.17) is 0 Å². The molecule has 2 aliphatic heterocycles. The van der Waals surface area contributed by atoms with Crippen molar-refractivity contribution in [3.63, 3.8) is 0 Å². The molecule has 0 amide bonds. The number of hydrogen-bond donors (Lipinski definition) is 1. The van der Waals surface area contributed by atoms with E-state index in [2.05, 4.69) is 42.9 Å². The molecule has 0 saturated carbocycles. The smallest absolute Gasteiger partial charge is 0.0193 e. The number of hydrogen-bond acceptors (Lipinski definition) is 3. The number of nitrogens with zero attached hydrogens (tertiary/aromatic N) is 2. The van der Waals surface area contributed by atoms with Crippen molar-refractivity contribution < 1.29 is 0 Å². The van der Waals surface area contributed by atoms with Gasteiger partial charge in [0.1, 0.15) is 0 Å². The van der Waals surface area contributed by atoms with E-state index in [1.54, 1.807) is 0 Å². The van der Waals surface area contributed by atoms with Crippen LogP contribution in [0.25, 0.3) is 0 Å². The standard InChI is InChI=1S/C14H29N3/c1-12-10-17(13(2)9-15-12)11-14(3)5-7-16(4)8-6-14/h12-13,15H,5-11H2,1-4H3. The van der Waals surface area contributed by atoms with Crippen LogP contribution < -0.4 is 5.32 Å². The molecule has 2 atom stereocenters. The van der Waals surface area contributed by atoms with Crippen LogP contribution >= 0.6 is 0 Å². The normalized spacial score (nSPS) is 36.0. The van der Waals surface area contributed by atoms with Gasteiger partial charge in [0.15, 0.2) is 0 Å². The first-order valence-corrected chi connectivity index (χ1v) is 7.14. The first-order chi connectivity index (χ1) is 7.98.